The van der Waals surface area contributed by atoms with Gasteiger partial charge in [0.15, 0.2) is 23.9 Å². The summed E-state index contributed by atoms with van der Waals surface area (Å²) in [5.41, 5.74) is 2.53. The number of para-hydroxylation sites is 1. The first-order valence-corrected chi connectivity index (χ1v) is 10.8. The second kappa shape index (κ2) is 10.6. The van der Waals surface area contributed by atoms with Crippen molar-refractivity contribution in [2.45, 2.75) is 20.3 Å². The number of carbonyl (C=O) groups is 2. The quantitative estimate of drug-likeness (QED) is 0.354. The monoisotopic (exact) mass is 435 g/mol. The van der Waals surface area contributed by atoms with Crippen LogP contribution in [0.5, 0.6) is 11.5 Å². The van der Waals surface area contributed by atoms with Gasteiger partial charge in [-0.15, -0.1) is 11.3 Å². The first-order valence-electron chi connectivity index (χ1n) is 9.97. The van der Waals surface area contributed by atoms with Gasteiger partial charge in [0.05, 0.1) is 12.0 Å². The molecule has 2 aromatic carbocycles. The van der Waals surface area contributed by atoms with Crippen LogP contribution in [0, 0.1) is 6.92 Å². The fraction of sp³-hybridized carbons (Fsp3) is 0.200. The number of thiophene rings is 1. The SMILES string of the molecule is CCc1ccc(C(=O)/C=C/c2ccc(OCC(=O)Nc3ccccc3C)c(OC)c2)s1. The van der Waals surface area contributed by atoms with Gasteiger partial charge in [0, 0.05) is 10.6 Å². The summed E-state index contributed by atoms with van der Waals surface area (Å²) in [4.78, 5) is 26.5. The number of ether oxygens (including phenoxy) is 2. The molecule has 0 spiro atoms. The van der Waals surface area contributed by atoms with Crippen LogP contribution in [-0.4, -0.2) is 25.4 Å². The highest BCUT2D eigenvalue weighted by Gasteiger charge is 2.10. The number of ketones is 1. The lowest BCUT2D eigenvalue weighted by atomic mass is 10.1. The Bertz CT molecular complexity index is 1100. The highest BCUT2D eigenvalue weighted by molar-refractivity contribution is 7.14. The van der Waals surface area contributed by atoms with Gasteiger partial charge in [0.25, 0.3) is 5.91 Å². The predicted octanol–water partition coefficient (Wildman–Crippen LogP) is 5.54. The van der Waals surface area contributed by atoms with E-state index in [9.17, 15) is 9.59 Å². The van der Waals surface area contributed by atoms with Crippen molar-refractivity contribution in [3.8, 4) is 11.5 Å². The zero-order valence-corrected chi connectivity index (χ0v) is 18.6. The van der Waals surface area contributed by atoms with Crippen LogP contribution >= 0.6 is 11.3 Å². The number of allylic oxidation sites excluding steroid dienone is 1. The Morgan fingerprint density at radius 3 is 2.58 bits per heavy atom. The summed E-state index contributed by atoms with van der Waals surface area (Å²) in [7, 11) is 1.53. The lowest BCUT2D eigenvalue weighted by Gasteiger charge is -2.12. The molecule has 0 saturated heterocycles. The molecule has 160 valence electrons. The normalized spacial score (nSPS) is 10.8. The van der Waals surface area contributed by atoms with Gasteiger partial charge in [0.1, 0.15) is 0 Å². The maximum Gasteiger partial charge on any atom is 0.262 e. The van der Waals surface area contributed by atoms with E-state index >= 15 is 0 Å². The van der Waals surface area contributed by atoms with Crippen LogP contribution in [0.25, 0.3) is 6.08 Å². The van der Waals surface area contributed by atoms with Crippen molar-refractivity contribution >= 4 is 34.8 Å². The molecule has 3 aromatic rings. The van der Waals surface area contributed by atoms with Gasteiger partial charge in [-0.25, -0.2) is 0 Å². The molecule has 0 saturated carbocycles. The molecule has 1 amide bonds. The Balaban J connectivity index is 1.62. The smallest absolute Gasteiger partial charge is 0.262 e. The van der Waals surface area contributed by atoms with E-state index in [4.69, 9.17) is 9.47 Å². The third-order valence-corrected chi connectivity index (χ3v) is 5.89. The summed E-state index contributed by atoms with van der Waals surface area (Å²) in [5, 5.41) is 2.83. The van der Waals surface area contributed by atoms with Gasteiger partial charge in [-0.3, -0.25) is 9.59 Å². The van der Waals surface area contributed by atoms with Gasteiger partial charge in [0.2, 0.25) is 0 Å². The number of nitrogens with one attached hydrogen (secondary N) is 1. The second-order valence-electron chi connectivity index (χ2n) is 6.88. The molecule has 0 bridgehead atoms. The Labute approximate surface area is 186 Å². The van der Waals surface area contributed by atoms with Crippen LogP contribution in [0.3, 0.4) is 0 Å². The number of amides is 1. The molecule has 0 unspecified atom stereocenters. The predicted molar refractivity (Wildman–Crippen MR) is 125 cm³/mol. The summed E-state index contributed by atoms with van der Waals surface area (Å²) in [6.07, 6.45) is 4.21. The first kappa shape index (κ1) is 22.3. The number of carbonyl (C=O) groups excluding carboxylic acids is 2. The third kappa shape index (κ3) is 6.06. The number of methoxy groups -OCH3 is 1. The van der Waals surface area contributed by atoms with Crippen LogP contribution in [0.4, 0.5) is 5.69 Å². The van der Waals surface area contributed by atoms with E-state index in [1.165, 1.54) is 23.3 Å². The molecule has 0 aliphatic rings. The number of hydrogen-bond donors (Lipinski definition) is 1. The number of benzene rings is 2. The zero-order valence-electron chi connectivity index (χ0n) is 17.8. The minimum Gasteiger partial charge on any atom is -0.493 e. The molecule has 0 fully saturated rings. The molecule has 0 radical (unpaired) electrons. The number of aryl methyl sites for hydroxylation is 2. The summed E-state index contributed by atoms with van der Waals surface area (Å²) in [5.74, 6) is 0.657. The average Bonchev–Trinajstić information content (AvgIpc) is 3.27. The molecule has 0 aliphatic carbocycles. The van der Waals surface area contributed by atoms with Gasteiger partial charge >= 0.3 is 0 Å². The molecule has 1 aromatic heterocycles. The number of rotatable bonds is 9. The van der Waals surface area contributed by atoms with Gasteiger partial charge in [-0.1, -0.05) is 37.3 Å². The highest BCUT2D eigenvalue weighted by atomic mass is 32.1. The maximum absolute atomic E-state index is 12.3. The van der Waals surface area contributed by atoms with Crippen LogP contribution < -0.4 is 14.8 Å². The van der Waals surface area contributed by atoms with Crippen molar-refractivity contribution in [3.05, 3.63) is 81.6 Å². The summed E-state index contributed by atoms with van der Waals surface area (Å²) >= 11 is 1.51. The second-order valence-corrected chi connectivity index (χ2v) is 8.05. The largest absolute Gasteiger partial charge is 0.493 e. The van der Waals surface area contributed by atoms with E-state index in [2.05, 4.69) is 12.2 Å². The molecule has 3 rings (SSSR count). The fourth-order valence-corrected chi connectivity index (χ4v) is 3.77. The summed E-state index contributed by atoms with van der Waals surface area (Å²) in [6, 6.07) is 16.7. The Morgan fingerprint density at radius 1 is 1.06 bits per heavy atom. The molecule has 5 nitrogen and oxygen atoms in total. The van der Waals surface area contributed by atoms with E-state index in [0.717, 1.165) is 28.1 Å². The molecule has 31 heavy (non-hydrogen) atoms. The number of anilines is 1. The van der Waals surface area contributed by atoms with Crippen LogP contribution in [0.15, 0.2) is 60.7 Å². The van der Waals surface area contributed by atoms with E-state index in [-0.39, 0.29) is 18.3 Å². The van der Waals surface area contributed by atoms with Gasteiger partial charge < -0.3 is 14.8 Å². The third-order valence-electron chi connectivity index (χ3n) is 4.65. The fourth-order valence-electron chi connectivity index (χ4n) is 2.90. The van der Waals surface area contributed by atoms with Crippen LogP contribution in [0.1, 0.15) is 32.6 Å². The topological polar surface area (TPSA) is 64.6 Å². The standard InChI is InChI=1S/C25H25NO4S/c1-4-19-11-14-24(31-19)21(27)12-9-18-10-13-22(23(15-18)29-3)30-16-25(28)26-20-8-6-5-7-17(20)2/h5-15H,4,16H2,1-3H3,(H,26,28)/b12-9+. The van der Waals surface area contributed by atoms with E-state index in [0.29, 0.717) is 11.5 Å². The molecular formula is C25H25NO4S. The molecular weight excluding hydrogens is 410 g/mol. The molecule has 0 atom stereocenters. The van der Waals surface area contributed by atoms with E-state index < -0.39 is 0 Å². The minimum absolute atomic E-state index is 0.0307. The number of hydrogen-bond acceptors (Lipinski definition) is 5. The molecule has 6 heteroatoms. The minimum atomic E-state index is -0.256. The van der Waals surface area contributed by atoms with Gasteiger partial charge in [-0.05, 0) is 60.9 Å². The van der Waals surface area contributed by atoms with Gasteiger partial charge in [-0.2, -0.15) is 0 Å². The van der Waals surface area contributed by atoms with Crippen molar-refractivity contribution in [1.82, 2.24) is 0 Å². The first-order chi connectivity index (χ1) is 15.0. The molecule has 1 heterocycles. The summed E-state index contributed by atoms with van der Waals surface area (Å²) in [6.45, 7) is 3.85. The Hall–Kier alpha value is -3.38. The molecule has 1 N–H and O–H groups in total. The van der Waals surface area contributed by atoms with Crippen LogP contribution in [-0.2, 0) is 11.2 Å². The molecule has 0 aliphatic heterocycles. The van der Waals surface area contributed by atoms with Crippen molar-refractivity contribution in [1.29, 1.82) is 0 Å². The Kier molecular flexibility index (Phi) is 7.62. The van der Waals surface area contributed by atoms with Crippen molar-refractivity contribution in [2.75, 3.05) is 19.0 Å². The average molecular weight is 436 g/mol. The maximum atomic E-state index is 12.3. The van der Waals surface area contributed by atoms with Crippen molar-refractivity contribution in [2.24, 2.45) is 0 Å². The van der Waals surface area contributed by atoms with Crippen molar-refractivity contribution < 1.29 is 19.1 Å². The lowest BCUT2D eigenvalue weighted by Crippen LogP contribution is -2.20. The van der Waals surface area contributed by atoms with E-state index in [1.54, 1.807) is 24.3 Å². The van der Waals surface area contributed by atoms with E-state index in [1.807, 2.05) is 49.4 Å². The summed E-state index contributed by atoms with van der Waals surface area (Å²) < 4.78 is 11.0. The van der Waals surface area contributed by atoms with Crippen LogP contribution in [0.2, 0.25) is 0 Å². The zero-order chi connectivity index (χ0) is 22.2. The highest BCUT2D eigenvalue weighted by Crippen LogP contribution is 2.29. The Morgan fingerprint density at radius 2 is 1.87 bits per heavy atom. The van der Waals surface area contributed by atoms with Crippen molar-refractivity contribution in [3.63, 3.8) is 0 Å². The lowest BCUT2D eigenvalue weighted by molar-refractivity contribution is -0.118.